The molecule has 0 atom stereocenters. The minimum Gasteiger partial charge on any atom is -0.307 e. The highest BCUT2D eigenvalue weighted by Crippen LogP contribution is 2.33. The van der Waals surface area contributed by atoms with E-state index in [0.717, 1.165) is 34.9 Å². The number of para-hydroxylation sites is 1. The van der Waals surface area contributed by atoms with E-state index in [1.165, 1.54) is 18.4 Å². The molecule has 3 aromatic heterocycles. The number of pyridine rings is 1. The number of fused-ring (bicyclic) bond motifs is 2. The Morgan fingerprint density at radius 1 is 1.07 bits per heavy atom. The lowest BCUT2D eigenvalue weighted by Crippen LogP contribution is -2.26. The van der Waals surface area contributed by atoms with E-state index in [9.17, 15) is 4.79 Å². The SMILES string of the molecule is Cc1ccc2nc(CSc3nc4ccccc4c(=O)n3C3CCCC3)cn2c1. The second kappa shape index (κ2) is 7.09. The number of nitrogens with zero attached hydrogens (tertiary/aromatic N) is 4. The van der Waals surface area contributed by atoms with Gasteiger partial charge in [-0.05, 0) is 43.5 Å². The van der Waals surface area contributed by atoms with Gasteiger partial charge in [-0.15, -0.1) is 0 Å². The van der Waals surface area contributed by atoms with Crippen LogP contribution in [-0.2, 0) is 5.75 Å². The van der Waals surface area contributed by atoms with E-state index in [4.69, 9.17) is 9.97 Å². The summed E-state index contributed by atoms with van der Waals surface area (Å²) in [5.74, 6) is 0.693. The van der Waals surface area contributed by atoms with Crippen molar-refractivity contribution in [1.29, 1.82) is 0 Å². The van der Waals surface area contributed by atoms with Gasteiger partial charge in [-0.25, -0.2) is 9.97 Å². The molecule has 0 aliphatic heterocycles. The summed E-state index contributed by atoms with van der Waals surface area (Å²) in [6.07, 6.45) is 8.62. The van der Waals surface area contributed by atoms with E-state index in [0.29, 0.717) is 11.1 Å². The molecule has 0 spiro atoms. The highest BCUT2D eigenvalue weighted by molar-refractivity contribution is 7.98. The van der Waals surface area contributed by atoms with Gasteiger partial charge >= 0.3 is 0 Å². The number of imidazole rings is 1. The van der Waals surface area contributed by atoms with Crippen molar-refractivity contribution in [3.8, 4) is 0 Å². The van der Waals surface area contributed by atoms with Crippen molar-refractivity contribution in [2.75, 3.05) is 0 Å². The maximum atomic E-state index is 13.2. The number of aryl methyl sites for hydroxylation is 1. The predicted octanol–water partition coefficient (Wildman–Crippen LogP) is 4.76. The third-order valence-electron chi connectivity index (χ3n) is 5.46. The fourth-order valence-electron chi connectivity index (χ4n) is 4.08. The van der Waals surface area contributed by atoms with E-state index >= 15 is 0 Å². The zero-order chi connectivity index (χ0) is 19.1. The van der Waals surface area contributed by atoms with Crippen molar-refractivity contribution < 1.29 is 0 Å². The second-order valence-corrected chi connectivity index (χ2v) is 8.46. The first-order valence-electron chi connectivity index (χ1n) is 9.77. The maximum absolute atomic E-state index is 13.2. The number of hydrogen-bond donors (Lipinski definition) is 0. The van der Waals surface area contributed by atoms with Crippen LogP contribution in [0.25, 0.3) is 16.6 Å². The van der Waals surface area contributed by atoms with Crippen molar-refractivity contribution in [2.45, 2.75) is 49.6 Å². The largest absolute Gasteiger partial charge is 0.307 e. The van der Waals surface area contributed by atoms with E-state index in [2.05, 4.69) is 29.8 Å². The van der Waals surface area contributed by atoms with Crippen LogP contribution >= 0.6 is 11.8 Å². The zero-order valence-electron chi connectivity index (χ0n) is 15.8. The van der Waals surface area contributed by atoms with E-state index in [-0.39, 0.29) is 11.6 Å². The van der Waals surface area contributed by atoms with Crippen LogP contribution in [0.5, 0.6) is 0 Å². The summed E-state index contributed by atoms with van der Waals surface area (Å²) < 4.78 is 4.00. The molecule has 5 rings (SSSR count). The molecule has 0 bridgehead atoms. The van der Waals surface area contributed by atoms with Crippen molar-refractivity contribution in [2.24, 2.45) is 0 Å². The Kier molecular flexibility index (Phi) is 4.43. The molecule has 3 heterocycles. The van der Waals surface area contributed by atoms with Crippen LogP contribution in [0.3, 0.4) is 0 Å². The topological polar surface area (TPSA) is 52.2 Å². The molecule has 0 saturated heterocycles. The third kappa shape index (κ3) is 3.11. The van der Waals surface area contributed by atoms with Gasteiger partial charge in [0.25, 0.3) is 5.56 Å². The van der Waals surface area contributed by atoms with Crippen LogP contribution in [0.15, 0.2) is 58.7 Å². The first-order valence-corrected chi connectivity index (χ1v) is 10.8. The van der Waals surface area contributed by atoms with Gasteiger partial charge in [-0.1, -0.05) is 42.8 Å². The molecule has 5 nitrogen and oxygen atoms in total. The van der Waals surface area contributed by atoms with Crippen molar-refractivity contribution in [3.63, 3.8) is 0 Å². The Labute approximate surface area is 167 Å². The van der Waals surface area contributed by atoms with Crippen LogP contribution in [0, 0.1) is 6.92 Å². The third-order valence-corrected chi connectivity index (χ3v) is 6.45. The summed E-state index contributed by atoms with van der Waals surface area (Å²) in [4.78, 5) is 22.8. The van der Waals surface area contributed by atoms with Gasteiger partial charge in [0.05, 0.1) is 16.6 Å². The van der Waals surface area contributed by atoms with Crippen LogP contribution in [-0.4, -0.2) is 18.9 Å². The smallest absolute Gasteiger partial charge is 0.262 e. The molecular formula is C22H22N4OS. The Morgan fingerprint density at radius 3 is 2.75 bits per heavy atom. The second-order valence-electron chi connectivity index (χ2n) is 7.52. The van der Waals surface area contributed by atoms with Crippen LogP contribution < -0.4 is 5.56 Å². The van der Waals surface area contributed by atoms with Crippen molar-refractivity contribution >= 4 is 28.3 Å². The molecule has 1 fully saturated rings. The van der Waals surface area contributed by atoms with Gasteiger partial charge < -0.3 is 4.40 Å². The minimum absolute atomic E-state index is 0.0885. The lowest BCUT2D eigenvalue weighted by Gasteiger charge is -2.18. The lowest BCUT2D eigenvalue weighted by molar-refractivity contribution is 0.457. The standard InChI is InChI=1S/C22H22N4OS/c1-15-10-11-20-23-16(13-25(20)12-15)14-28-22-24-19-9-5-4-8-18(19)21(27)26(22)17-6-2-3-7-17/h4-5,8-13,17H,2-3,6-7,14H2,1H3. The molecule has 0 radical (unpaired) electrons. The first kappa shape index (κ1) is 17.5. The molecule has 4 aromatic rings. The normalized spacial score (nSPS) is 15.0. The fraction of sp³-hybridized carbons (Fsp3) is 0.318. The van der Waals surface area contributed by atoms with Crippen LogP contribution in [0.2, 0.25) is 0 Å². The highest BCUT2D eigenvalue weighted by atomic mass is 32.2. The van der Waals surface area contributed by atoms with Crippen LogP contribution in [0.1, 0.15) is 43.0 Å². The summed E-state index contributed by atoms with van der Waals surface area (Å²) in [7, 11) is 0. The van der Waals surface area contributed by atoms with Crippen LogP contribution in [0.4, 0.5) is 0 Å². The quantitative estimate of drug-likeness (QED) is 0.372. The summed E-state index contributed by atoms with van der Waals surface area (Å²) in [6, 6.07) is 12.0. The first-order chi connectivity index (χ1) is 13.7. The van der Waals surface area contributed by atoms with Gasteiger partial charge in [0.15, 0.2) is 5.16 Å². The van der Waals surface area contributed by atoms with Gasteiger partial charge in [-0.3, -0.25) is 9.36 Å². The monoisotopic (exact) mass is 390 g/mol. The number of hydrogen-bond acceptors (Lipinski definition) is 4. The number of thioether (sulfide) groups is 1. The number of aromatic nitrogens is 4. The van der Waals surface area contributed by atoms with E-state index in [1.807, 2.05) is 34.9 Å². The van der Waals surface area contributed by atoms with Gasteiger partial charge in [0.1, 0.15) is 5.65 Å². The van der Waals surface area contributed by atoms with Crippen molar-refractivity contribution in [3.05, 3.63) is 70.4 Å². The maximum Gasteiger partial charge on any atom is 0.262 e. The lowest BCUT2D eigenvalue weighted by atomic mass is 10.2. The summed E-state index contributed by atoms with van der Waals surface area (Å²) in [6.45, 7) is 2.08. The summed E-state index contributed by atoms with van der Waals surface area (Å²) in [5.41, 5.74) is 4.01. The highest BCUT2D eigenvalue weighted by Gasteiger charge is 2.23. The molecule has 0 N–H and O–H groups in total. The van der Waals surface area contributed by atoms with Gasteiger partial charge in [0.2, 0.25) is 0 Å². The Bertz CT molecular complexity index is 1220. The fourth-order valence-corrected chi connectivity index (χ4v) is 5.03. The Balaban J connectivity index is 1.53. The van der Waals surface area contributed by atoms with E-state index < -0.39 is 0 Å². The van der Waals surface area contributed by atoms with Gasteiger partial charge in [-0.2, -0.15) is 0 Å². The number of rotatable bonds is 4. The zero-order valence-corrected chi connectivity index (χ0v) is 16.7. The summed E-state index contributed by atoms with van der Waals surface area (Å²) >= 11 is 1.61. The van der Waals surface area contributed by atoms with Gasteiger partial charge in [0, 0.05) is 24.2 Å². The molecule has 142 valence electrons. The molecule has 1 aliphatic carbocycles. The van der Waals surface area contributed by atoms with Crippen molar-refractivity contribution in [1.82, 2.24) is 18.9 Å². The molecule has 1 aromatic carbocycles. The number of benzene rings is 1. The average molecular weight is 391 g/mol. The predicted molar refractivity (Wildman–Crippen MR) is 113 cm³/mol. The molecule has 0 unspecified atom stereocenters. The molecule has 0 amide bonds. The van der Waals surface area contributed by atoms with E-state index in [1.54, 1.807) is 11.8 Å². The average Bonchev–Trinajstić information content (AvgIpc) is 3.35. The molecule has 6 heteroatoms. The minimum atomic E-state index is 0.0885. The molecular weight excluding hydrogens is 368 g/mol. The summed E-state index contributed by atoms with van der Waals surface area (Å²) in [5, 5.41) is 1.52. The Morgan fingerprint density at radius 2 is 1.89 bits per heavy atom. The molecule has 28 heavy (non-hydrogen) atoms. The molecule has 1 saturated carbocycles. The molecule has 1 aliphatic rings. The Hall–Kier alpha value is -2.60.